The lowest BCUT2D eigenvalue weighted by molar-refractivity contribution is -0.0234. The molecular formula is C27H29ClN2O4. The van der Waals surface area contributed by atoms with E-state index in [9.17, 15) is 9.90 Å². The largest absolute Gasteiger partial charge is 0.451 e. The molecule has 7 heteroatoms. The molecule has 3 aromatic rings. The first-order chi connectivity index (χ1) is 16.5. The third-order valence-corrected chi connectivity index (χ3v) is 6.97. The van der Waals surface area contributed by atoms with Crippen molar-refractivity contribution >= 4 is 34.6 Å². The lowest BCUT2D eigenvalue weighted by Crippen LogP contribution is -2.42. The normalized spacial score (nSPS) is 19.5. The second kappa shape index (κ2) is 9.92. The minimum atomic E-state index is -0.911. The average Bonchev–Trinajstić information content (AvgIpc) is 3.30. The van der Waals surface area contributed by atoms with Crippen LogP contribution in [0.25, 0.3) is 17.0 Å². The smallest absolute Gasteiger partial charge is 0.289 e. The number of ether oxygens (including phenoxy) is 1. The fourth-order valence-electron chi connectivity index (χ4n) is 4.72. The number of carbonyl (C=O) groups is 1. The van der Waals surface area contributed by atoms with Crippen LogP contribution in [0.1, 0.15) is 34.5 Å². The Bertz CT molecular complexity index is 1180. The molecule has 0 saturated carbocycles. The Kier molecular flexibility index (Phi) is 6.75. The van der Waals surface area contributed by atoms with E-state index < -0.39 is 5.60 Å². The molecule has 0 spiro atoms. The standard InChI is InChI=1S/C27H29ClN2O4/c28-23(16-20-4-2-1-3-5-20)19-29-10-8-27(32,9-11-29)22-6-7-24-21(17-22)18-25(34-24)26(31)30-12-14-33-15-13-30/h1-7,16-18,32H,8-15,19H2. The van der Waals surface area contributed by atoms with Crippen LogP contribution in [0.2, 0.25) is 0 Å². The van der Waals surface area contributed by atoms with Gasteiger partial charge in [0.2, 0.25) is 0 Å². The number of fused-ring (bicyclic) bond motifs is 1. The molecule has 2 saturated heterocycles. The van der Waals surface area contributed by atoms with E-state index in [1.807, 2.05) is 54.6 Å². The molecule has 2 aromatic carbocycles. The van der Waals surface area contributed by atoms with E-state index in [0.717, 1.165) is 34.6 Å². The molecular weight excluding hydrogens is 452 g/mol. The van der Waals surface area contributed by atoms with Crippen molar-refractivity contribution in [3.05, 3.63) is 76.5 Å². The molecule has 0 unspecified atom stereocenters. The van der Waals surface area contributed by atoms with Gasteiger partial charge in [-0.15, -0.1) is 0 Å². The first kappa shape index (κ1) is 23.1. The zero-order valence-electron chi connectivity index (χ0n) is 19.1. The maximum absolute atomic E-state index is 12.8. The molecule has 1 N–H and O–H groups in total. The van der Waals surface area contributed by atoms with Crippen LogP contribution in [0.15, 0.2) is 64.0 Å². The van der Waals surface area contributed by atoms with Gasteiger partial charge in [-0.2, -0.15) is 0 Å². The summed E-state index contributed by atoms with van der Waals surface area (Å²) in [4.78, 5) is 16.8. The minimum absolute atomic E-state index is 0.117. The summed E-state index contributed by atoms with van der Waals surface area (Å²) in [5.41, 5.74) is 1.68. The Hall–Kier alpha value is -2.64. The molecule has 0 bridgehead atoms. The van der Waals surface area contributed by atoms with Crippen LogP contribution in [0.4, 0.5) is 0 Å². The maximum Gasteiger partial charge on any atom is 0.289 e. The molecule has 2 aliphatic heterocycles. The van der Waals surface area contributed by atoms with Gasteiger partial charge in [0.1, 0.15) is 5.58 Å². The average molecular weight is 481 g/mol. The van der Waals surface area contributed by atoms with Crippen LogP contribution in [-0.2, 0) is 10.3 Å². The van der Waals surface area contributed by atoms with Crippen LogP contribution >= 0.6 is 11.6 Å². The molecule has 0 radical (unpaired) electrons. The summed E-state index contributed by atoms with van der Waals surface area (Å²) in [6.07, 6.45) is 3.22. The number of carbonyl (C=O) groups excluding carboxylic acids is 1. The van der Waals surface area contributed by atoms with Gasteiger partial charge in [0, 0.05) is 43.1 Å². The Labute approximate surface area is 204 Å². The van der Waals surface area contributed by atoms with Crippen LogP contribution in [0.3, 0.4) is 0 Å². The fourth-order valence-corrected chi connectivity index (χ4v) is 5.01. The molecule has 6 nitrogen and oxygen atoms in total. The van der Waals surface area contributed by atoms with Crippen LogP contribution in [0.5, 0.6) is 0 Å². The summed E-state index contributed by atoms with van der Waals surface area (Å²) in [5.74, 6) is 0.212. The summed E-state index contributed by atoms with van der Waals surface area (Å²) < 4.78 is 11.2. The lowest BCUT2D eigenvalue weighted by atomic mass is 9.84. The molecule has 5 rings (SSSR count). The highest BCUT2D eigenvalue weighted by atomic mass is 35.5. The summed E-state index contributed by atoms with van der Waals surface area (Å²) in [6.45, 7) is 4.41. The topological polar surface area (TPSA) is 66.2 Å². The van der Waals surface area contributed by atoms with Gasteiger partial charge in [-0.25, -0.2) is 0 Å². The van der Waals surface area contributed by atoms with Crippen molar-refractivity contribution in [3.8, 4) is 0 Å². The Morgan fingerprint density at radius 2 is 1.76 bits per heavy atom. The van der Waals surface area contributed by atoms with E-state index in [1.165, 1.54) is 0 Å². The molecule has 34 heavy (non-hydrogen) atoms. The minimum Gasteiger partial charge on any atom is -0.451 e. The number of amides is 1. The molecule has 1 amide bonds. The van der Waals surface area contributed by atoms with Gasteiger partial charge in [-0.1, -0.05) is 48.0 Å². The zero-order chi connectivity index (χ0) is 23.5. The molecule has 2 aliphatic rings. The van der Waals surface area contributed by atoms with Gasteiger partial charge in [-0.05, 0) is 48.2 Å². The highest BCUT2D eigenvalue weighted by Gasteiger charge is 2.34. The van der Waals surface area contributed by atoms with Crippen LogP contribution < -0.4 is 0 Å². The van der Waals surface area contributed by atoms with Gasteiger partial charge in [0.15, 0.2) is 5.76 Å². The monoisotopic (exact) mass is 480 g/mol. The van der Waals surface area contributed by atoms with Gasteiger partial charge >= 0.3 is 0 Å². The van der Waals surface area contributed by atoms with Crippen LogP contribution in [-0.4, -0.2) is 66.8 Å². The SMILES string of the molecule is O=C(c1cc2cc(C3(O)CCN(CC(Cl)=Cc4ccccc4)CC3)ccc2o1)N1CCOCC1. The van der Waals surface area contributed by atoms with E-state index in [2.05, 4.69) is 4.90 Å². The maximum atomic E-state index is 12.8. The van der Waals surface area contributed by atoms with E-state index in [4.69, 9.17) is 20.8 Å². The fraction of sp³-hybridized carbons (Fsp3) is 0.370. The van der Waals surface area contributed by atoms with Crippen molar-refractivity contribution in [1.82, 2.24) is 9.80 Å². The van der Waals surface area contributed by atoms with E-state index in [0.29, 0.717) is 57.0 Å². The number of aliphatic hydroxyl groups is 1. The van der Waals surface area contributed by atoms with Gasteiger partial charge in [0.25, 0.3) is 5.91 Å². The number of furan rings is 1. The second-order valence-electron chi connectivity index (χ2n) is 9.08. The predicted molar refractivity (Wildman–Crippen MR) is 133 cm³/mol. The van der Waals surface area contributed by atoms with Crippen molar-refractivity contribution in [2.45, 2.75) is 18.4 Å². The highest BCUT2D eigenvalue weighted by Crippen LogP contribution is 2.35. The van der Waals surface area contributed by atoms with Gasteiger partial charge in [-0.3, -0.25) is 9.69 Å². The molecule has 178 valence electrons. The quantitative estimate of drug-likeness (QED) is 0.583. The van der Waals surface area contributed by atoms with Gasteiger partial charge < -0.3 is 19.2 Å². The first-order valence-electron chi connectivity index (χ1n) is 11.8. The summed E-state index contributed by atoms with van der Waals surface area (Å²) in [5, 5.41) is 13.0. The molecule has 1 aromatic heterocycles. The number of likely N-dealkylation sites (tertiary alicyclic amines) is 1. The highest BCUT2D eigenvalue weighted by molar-refractivity contribution is 6.31. The predicted octanol–water partition coefficient (Wildman–Crippen LogP) is 4.47. The third kappa shape index (κ3) is 5.05. The number of piperidine rings is 1. The van der Waals surface area contributed by atoms with Crippen molar-refractivity contribution in [1.29, 1.82) is 0 Å². The number of nitrogens with zero attached hydrogens (tertiary/aromatic N) is 2. The van der Waals surface area contributed by atoms with Crippen molar-refractivity contribution in [2.75, 3.05) is 45.9 Å². The Balaban J connectivity index is 1.24. The van der Waals surface area contributed by atoms with E-state index >= 15 is 0 Å². The summed E-state index contributed by atoms with van der Waals surface area (Å²) in [6, 6.07) is 17.5. The lowest BCUT2D eigenvalue weighted by Gasteiger charge is -2.38. The molecule has 3 heterocycles. The molecule has 0 atom stereocenters. The number of hydrogen-bond donors (Lipinski definition) is 1. The number of hydrogen-bond acceptors (Lipinski definition) is 5. The van der Waals surface area contributed by atoms with Crippen molar-refractivity contribution < 1.29 is 19.1 Å². The van der Waals surface area contributed by atoms with Crippen molar-refractivity contribution in [2.24, 2.45) is 0 Å². The second-order valence-corrected chi connectivity index (χ2v) is 9.56. The Morgan fingerprint density at radius 1 is 1.03 bits per heavy atom. The zero-order valence-corrected chi connectivity index (χ0v) is 19.8. The molecule has 0 aliphatic carbocycles. The first-order valence-corrected chi connectivity index (χ1v) is 12.1. The number of halogens is 1. The third-order valence-electron chi connectivity index (χ3n) is 6.74. The van der Waals surface area contributed by atoms with E-state index in [-0.39, 0.29) is 5.91 Å². The number of morpholine rings is 1. The number of rotatable bonds is 5. The molecule has 2 fully saturated rings. The Morgan fingerprint density at radius 3 is 2.50 bits per heavy atom. The summed E-state index contributed by atoms with van der Waals surface area (Å²) >= 11 is 6.49. The summed E-state index contributed by atoms with van der Waals surface area (Å²) in [7, 11) is 0. The number of benzene rings is 2. The van der Waals surface area contributed by atoms with E-state index in [1.54, 1.807) is 11.0 Å². The van der Waals surface area contributed by atoms with Crippen molar-refractivity contribution in [3.63, 3.8) is 0 Å². The van der Waals surface area contributed by atoms with Gasteiger partial charge in [0.05, 0.1) is 18.8 Å². The van der Waals surface area contributed by atoms with Crippen LogP contribution in [0, 0.1) is 0 Å².